The Morgan fingerprint density at radius 3 is 3.11 bits per heavy atom. The lowest BCUT2D eigenvalue weighted by molar-refractivity contribution is -0.145. The van der Waals surface area contributed by atoms with Crippen LogP contribution in [0.5, 0.6) is 0 Å². The molecule has 2 rings (SSSR count). The highest BCUT2D eigenvalue weighted by molar-refractivity contribution is 5.79. The Morgan fingerprint density at radius 2 is 2.47 bits per heavy atom. The maximum Gasteiger partial charge on any atom is 0.328 e. The minimum Gasteiger partial charge on any atom is -0.464 e. The van der Waals surface area contributed by atoms with E-state index in [0.717, 1.165) is 6.42 Å². The number of hydrogen-bond donors (Lipinski definition) is 1. The molecule has 104 valence electrons. The van der Waals surface area contributed by atoms with Gasteiger partial charge in [0.05, 0.1) is 13.2 Å². The Kier molecular flexibility index (Phi) is 4.74. The average molecular weight is 267 g/mol. The normalized spacial score (nSPS) is 20.0. The predicted molar refractivity (Wildman–Crippen MR) is 69.4 cm³/mol. The molecule has 1 N–H and O–H groups in total. The molecule has 0 aromatic heterocycles. The zero-order valence-electron chi connectivity index (χ0n) is 10.9. The van der Waals surface area contributed by atoms with E-state index >= 15 is 0 Å². The van der Waals surface area contributed by atoms with E-state index < -0.39 is 6.04 Å². The molecule has 0 spiro atoms. The first-order valence-corrected chi connectivity index (χ1v) is 6.47. The number of rotatable bonds is 5. The van der Waals surface area contributed by atoms with Gasteiger partial charge in [0, 0.05) is 18.2 Å². The molecule has 0 amide bonds. The molecular weight excluding hydrogens is 249 g/mol. The number of carbonyl (C=O) groups is 1. The van der Waals surface area contributed by atoms with Crippen LogP contribution in [0.4, 0.5) is 10.1 Å². The third kappa shape index (κ3) is 3.67. The molecule has 1 fully saturated rings. The number of hydrogen-bond acceptors (Lipinski definition) is 4. The first kappa shape index (κ1) is 13.8. The fourth-order valence-corrected chi connectivity index (χ4v) is 2.17. The van der Waals surface area contributed by atoms with E-state index in [1.165, 1.54) is 12.1 Å². The summed E-state index contributed by atoms with van der Waals surface area (Å²) in [5.74, 6) is -0.597. The van der Waals surface area contributed by atoms with Gasteiger partial charge in [-0.1, -0.05) is 6.07 Å². The standard InChI is InChI=1S/C14H18FNO3/c1-2-19-14(17)13(10-6-7-18-9-10)16-12-5-3-4-11(15)8-12/h3-5,8,10,13,16H,2,6-7,9H2,1H3. The average Bonchev–Trinajstić information content (AvgIpc) is 2.90. The fourth-order valence-electron chi connectivity index (χ4n) is 2.17. The number of esters is 1. The molecule has 0 bridgehead atoms. The Labute approximate surface area is 111 Å². The van der Waals surface area contributed by atoms with Crippen LogP contribution >= 0.6 is 0 Å². The van der Waals surface area contributed by atoms with Crippen LogP contribution in [0.1, 0.15) is 13.3 Å². The van der Waals surface area contributed by atoms with Crippen LogP contribution in [0.3, 0.4) is 0 Å². The van der Waals surface area contributed by atoms with E-state index in [0.29, 0.717) is 25.5 Å². The van der Waals surface area contributed by atoms with Gasteiger partial charge < -0.3 is 14.8 Å². The van der Waals surface area contributed by atoms with Crippen LogP contribution in [0.25, 0.3) is 0 Å². The van der Waals surface area contributed by atoms with E-state index in [1.807, 2.05) is 0 Å². The fraction of sp³-hybridized carbons (Fsp3) is 0.500. The van der Waals surface area contributed by atoms with Crippen molar-refractivity contribution in [3.05, 3.63) is 30.1 Å². The first-order valence-electron chi connectivity index (χ1n) is 6.47. The molecule has 1 aromatic carbocycles. The van der Waals surface area contributed by atoms with Crippen molar-refractivity contribution in [3.8, 4) is 0 Å². The van der Waals surface area contributed by atoms with Gasteiger partial charge in [0.15, 0.2) is 0 Å². The van der Waals surface area contributed by atoms with Gasteiger partial charge in [0.1, 0.15) is 11.9 Å². The smallest absolute Gasteiger partial charge is 0.328 e. The Morgan fingerprint density at radius 1 is 1.63 bits per heavy atom. The molecule has 2 unspecified atom stereocenters. The summed E-state index contributed by atoms with van der Waals surface area (Å²) in [6.45, 7) is 3.26. The summed E-state index contributed by atoms with van der Waals surface area (Å²) in [6.07, 6.45) is 0.797. The van der Waals surface area contributed by atoms with Crippen LogP contribution in [-0.4, -0.2) is 31.8 Å². The van der Waals surface area contributed by atoms with Gasteiger partial charge in [-0.25, -0.2) is 9.18 Å². The third-order valence-corrected chi connectivity index (χ3v) is 3.12. The zero-order valence-corrected chi connectivity index (χ0v) is 10.9. The largest absolute Gasteiger partial charge is 0.464 e. The van der Waals surface area contributed by atoms with Crippen LogP contribution in [0, 0.1) is 11.7 Å². The Balaban J connectivity index is 2.10. The van der Waals surface area contributed by atoms with E-state index in [9.17, 15) is 9.18 Å². The molecule has 2 atom stereocenters. The second kappa shape index (κ2) is 6.52. The van der Waals surface area contributed by atoms with Gasteiger partial charge in [0.2, 0.25) is 0 Å². The predicted octanol–water partition coefficient (Wildman–Crippen LogP) is 2.21. The van der Waals surface area contributed by atoms with Crippen molar-refractivity contribution in [3.63, 3.8) is 0 Å². The zero-order chi connectivity index (χ0) is 13.7. The summed E-state index contributed by atoms with van der Waals surface area (Å²) in [6, 6.07) is 5.56. The van der Waals surface area contributed by atoms with Crippen LogP contribution in [0.15, 0.2) is 24.3 Å². The number of halogens is 1. The van der Waals surface area contributed by atoms with Crippen molar-refractivity contribution in [1.82, 2.24) is 0 Å². The van der Waals surface area contributed by atoms with Gasteiger partial charge >= 0.3 is 5.97 Å². The molecule has 1 aliphatic heterocycles. The summed E-state index contributed by atoms with van der Waals surface area (Å²) in [5.41, 5.74) is 0.574. The van der Waals surface area contributed by atoms with Gasteiger partial charge in [-0.2, -0.15) is 0 Å². The van der Waals surface area contributed by atoms with Crippen LogP contribution < -0.4 is 5.32 Å². The lowest BCUT2D eigenvalue weighted by Crippen LogP contribution is -2.38. The number of anilines is 1. The minimum absolute atomic E-state index is 0.0577. The van der Waals surface area contributed by atoms with E-state index in [4.69, 9.17) is 9.47 Å². The second-order valence-corrected chi connectivity index (χ2v) is 4.51. The van der Waals surface area contributed by atoms with E-state index in [1.54, 1.807) is 19.1 Å². The Hall–Kier alpha value is -1.62. The summed E-state index contributed by atoms with van der Waals surface area (Å²) < 4.78 is 23.5. The number of ether oxygens (including phenoxy) is 2. The molecule has 1 heterocycles. The van der Waals surface area contributed by atoms with E-state index in [-0.39, 0.29) is 17.7 Å². The highest BCUT2D eigenvalue weighted by atomic mass is 19.1. The topological polar surface area (TPSA) is 47.6 Å². The summed E-state index contributed by atoms with van der Waals surface area (Å²) >= 11 is 0. The van der Waals surface area contributed by atoms with Crippen LogP contribution in [0.2, 0.25) is 0 Å². The van der Waals surface area contributed by atoms with Gasteiger partial charge in [0.25, 0.3) is 0 Å². The first-order chi connectivity index (χ1) is 9.20. The molecule has 4 nitrogen and oxygen atoms in total. The number of benzene rings is 1. The number of nitrogens with one attached hydrogen (secondary N) is 1. The van der Waals surface area contributed by atoms with Crippen molar-refractivity contribution < 1.29 is 18.7 Å². The lowest BCUT2D eigenvalue weighted by atomic mass is 9.98. The quantitative estimate of drug-likeness (QED) is 0.831. The van der Waals surface area contributed by atoms with Gasteiger partial charge in [-0.05, 0) is 31.5 Å². The lowest BCUT2D eigenvalue weighted by Gasteiger charge is -2.22. The molecule has 19 heavy (non-hydrogen) atoms. The van der Waals surface area contributed by atoms with Crippen molar-refractivity contribution in [2.75, 3.05) is 25.1 Å². The molecule has 0 saturated carbocycles. The van der Waals surface area contributed by atoms with Crippen molar-refractivity contribution in [2.45, 2.75) is 19.4 Å². The van der Waals surface area contributed by atoms with Gasteiger partial charge in [-0.3, -0.25) is 0 Å². The summed E-state index contributed by atoms with van der Waals surface area (Å²) in [7, 11) is 0. The van der Waals surface area contributed by atoms with Crippen molar-refractivity contribution in [1.29, 1.82) is 0 Å². The van der Waals surface area contributed by atoms with Crippen LogP contribution in [-0.2, 0) is 14.3 Å². The van der Waals surface area contributed by atoms with Crippen molar-refractivity contribution in [2.24, 2.45) is 5.92 Å². The Bertz CT molecular complexity index is 432. The molecular formula is C14H18FNO3. The molecule has 1 saturated heterocycles. The molecule has 0 radical (unpaired) electrons. The van der Waals surface area contributed by atoms with Crippen molar-refractivity contribution >= 4 is 11.7 Å². The molecule has 0 aliphatic carbocycles. The maximum atomic E-state index is 13.2. The number of carbonyl (C=O) groups excluding carboxylic acids is 1. The summed E-state index contributed by atoms with van der Waals surface area (Å²) in [5, 5.41) is 3.05. The van der Waals surface area contributed by atoms with E-state index in [2.05, 4.69) is 5.32 Å². The minimum atomic E-state index is -0.496. The molecule has 1 aromatic rings. The highest BCUT2D eigenvalue weighted by Gasteiger charge is 2.32. The molecule has 5 heteroatoms. The third-order valence-electron chi connectivity index (χ3n) is 3.12. The second-order valence-electron chi connectivity index (χ2n) is 4.51. The monoisotopic (exact) mass is 267 g/mol. The maximum absolute atomic E-state index is 13.2. The highest BCUT2D eigenvalue weighted by Crippen LogP contribution is 2.22. The summed E-state index contributed by atoms with van der Waals surface area (Å²) in [4.78, 5) is 12.0. The SMILES string of the molecule is CCOC(=O)C(Nc1cccc(F)c1)C1CCOC1. The molecule has 1 aliphatic rings. The van der Waals surface area contributed by atoms with Gasteiger partial charge in [-0.15, -0.1) is 0 Å².